The van der Waals surface area contributed by atoms with Crippen LogP contribution in [0.15, 0.2) is 27.9 Å². The Bertz CT molecular complexity index is 714. The van der Waals surface area contributed by atoms with Gasteiger partial charge >= 0.3 is 0 Å². The molecular weight excluding hydrogens is 306 g/mol. The van der Waals surface area contributed by atoms with Gasteiger partial charge in [0, 0.05) is 31.0 Å². The van der Waals surface area contributed by atoms with Gasteiger partial charge < -0.3 is 10.3 Å². The smallest absolute Gasteiger partial charge is 0.242 e. The Morgan fingerprint density at radius 2 is 2.14 bits per heavy atom. The summed E-state index contributed by atoms with van der Waals surface area (Å²) in [5, 5.41) is 7.34. The molecule has 3 N–H and O–H groups in total. The summed E-state index contributed by atoms with van der Waals surface area (Å²) in [4.78, 5) is 3.31. The quantitative estimate of drug-likeness (QED) is 0.730. The number of rotatable bonds is 7. The highest BCUT2D eigenvalue weighted by atomic mass is 32.2. The highest BCUT2D eigenvalue weighted by Gasteiger charge is 2.21. The molecule has 7 heteroatoms. The van der Waals surface area contributed by atoms with Gasteiger partial charge in [-0.25, -0.2) is 13.1 Å². The molecule has 2 aromatic rings. The lowest BCUT2D eigenvalue weighted by Gasteiger charge is -2.04. The third-order valence-electron chi connectivity index (χ3n) is 3.60. The zero-order valence-electron chi connectivity index (χ0n) is 11.8. The lowest BCUT2D eigenvalue weighted by atomic mass is 10.2. The molecule has 0 amide bonds. The molecule has 1 fully saturated rings. The van der Waals surface area contributed by atoms with Gasteiger partial charge in [0.1, 0.15) is 0 Å². The highest BCUT2D eigenvalue weighted by molar-refractivity contribution is 7.89. The molecule has 0 aromatic carbocycles. The number of aryl methyl sites for hydroxylation is 1. The van der Waals surface area contributed by atoms with Crippen LogP contribution in [-0.2, 0) is 23.1 Å². The second-order valence-corrected chi connectivity index (χ2v) is 7.93. The molecule has 0 unspecified atom stereocenters. The van der Waals surface area contributed by atoms with Crippen LogP contribution in [0.1, 0.15) is 29.7 Å². The zero-order valence-corrected chi connectivity index (χ0v) is 13.5. The normalized spacial score (nSPS) is 15.5. The molecule has 2 heterocycles. The standard InChI is InChI=1S/C14H19N3O2S2/c1-10-8-20-9-11(10)5-17-21(18,19)14-4-13(16-7-14)6-15-12-2-3-12/h4,7-9,12,15-17H,2-3,5-6H2,1H3. The summed E-state index contributed by atoms with van der Waals surface area (Å²) >= 11 is 1.58. The monoisotopic (exact) mass is 325 g/mol. The largest absolute Gasteiger partial charge is 0.363 e. The first-order chi connectivity index (χ1) is 10.0. The average molecular weight is 325 g/mol. The fourth-order valence-corrected chi connectivity index (χ4v) is 3.92. The number of H-pyrrole nitrogens is 1. The summed E-state index contributed by atoms with van der Waals surface area (Å²) in [6.07, 6.45) is 3.98. The van der Waals surface area contributed by atoms with Gasteiger partial charge in [0.25, 0.3) is 0 Å². The van der Waals surface area contributed by atoms with E-state index in [1.807, 2.05) is 17.7 Å². The van der Waals surface area contributed by atoms with Gasteiger partial charge in [-0.15, -0.1) is 0 Å². The fraction of sp³-hybridized carbons (Fsp3) is 0.429. The molecule has 0 radical (unpaired) electrons. The van der Waals surface area contributed by atoms with E-state index in [0.717, 1.165) is 16.8 Å². The number of aromatic nitrogens is 1. The molecule has 0 bridgehead atoms. The maximum Gasteiger partial charge on any atom is 0.242 e. The van der Waals surface area contributed by atoms with Gasteiger partial charge in [-0.3, -0.25) is 0 Å². The van der Waals surface area contributed by atoms with Crippen molar-refractivity contribution in [1.82, 2.24) is 15.0 Å². The molecule has 21 heavy (non-hydrogen) atoms. The van der Waals surface area contributed by atoms with Crippen LogP contribution in [0.2, 0.25) is 0 Å². The van der Waals surface area contributed by atoms with Crippen LogP contribution in [-0.4, -0.2) is 19.4 Å². The van der Waals surface area contributed by atoms with E-state index in [2.05, 4.69) is 15.0 Å². The van der Waals surface area contributed by atoms with E-state index in [-0.39, 0.29) is 0 Å². The summed E-state index contributed by atoms with van der Waals surface area (Å²) in [7, 11) is -3.46. The van der Waals surface area contributed by atoms with Crippen molar-refractivity contribution in [2.45, 2.75) is 43.8 Å². The number of thiophene rings is 1. The zero-order chi connectivity index (χ0) is 14.9. The van der Waals surface area contributed by atoms with Crippen LogP contribution in [0.25, 0.3) is 0 Å². The number of aromatic amines is 1. The van der Waals surface area contributed by atoms with Gasteiger partial charge in [-0.05, 0) is 47.7 Å². The highest BCUT2D eigenvalue weighted by Crippen LogP contribution is 2.20. The SMILES string of the molecule is Cc1cscc1CNS(=O)(=O)c1c[nH]c(CNC2CC2)c1. The Morgan fingerprint density at radius 1 is 1.33 bits per heavy atom. The van der Waals surface area contributed by atoms with Crippen molar-refractivity contribution in [2.24, 2.45) is 0 Å². The average Bonchev–Trinajstić information content (AvgIpc) is 2.98. The molecule has 114 valence electrons. The second kappa shape index (κ2) is 5.92. The van der Waals surface area contributed by atoms with Gasteiger partial charge in [0.15, 0.2) is 0 Å². The maximum atomic E-state index is 12.3. The summed E-state index contributed by atoms with van der Waals surface area (Å²) in [6.45, 7) is 3.00. The second-order valence-electron chi connectivity index (χ2n) is 5.42. The van der Waals surface area contributed by atoms with Crippen LogP contribution in [0.3, 0.4) is 0 Å². The third kappa shape index (κ3) is 3.74. The molecular formula is C14H19N3O2S2. The lowest BCUT2D eigenvalue weighted by Crippen LogP contribution is -2.23. The molecule has 0 atom stereocenters. The van der Waals surface area contributed by atoms with Crippen molar-refractivity contribution >= 4 is 21.4 Å². The van der Waals surface area contributed by atoms with E-state index in [1.165, 1.54) is 12.8 Å². The molecule has 1 aliphatic rings. The molecule has 1 aliphatic carbocycles. The van der Waals surface area contributed by atoms with Crippen LogP contribution in [0, 0.1) is 6.92 Å². The Morgan fingerprint density at radius 3 is 2.81 bits per heavy atom. The van der Waals surface area contributed by atoms with E-state index in [4.69, 9.17) is 0 Å². The minimum atomic E-state index is -3.46. The molecule has 0 spiro atoms. The predicted molar refractivity (Wildman–Crippen MR) is 83.7 cm³/mol. The minimum Gasteiger partial charge on any atom is -0.363 e. The van der Waals surface area contributed by atoms with Gasteiger partial charge in [-0.1, -0.05) is 0 Å². The Hall–Kier alpha value is -1.15. The molecule has 0 aliphatic heterocycles. The van der Waals surface area contributed by atoms with E-state index in [0.29, 0.717) is 24.0 Å². The third-order valence-corrected chi connectivity index (χ3v) is 5.89. The first kappa shape index (κ1) is 14.8. The van der Waals surface area contributed by atoms with Gasteiger partial charge in [0.05, 0.1) is 4.90 Å². The summed E-state index contributed by atoms with van der Waals surface area (Å²) in [5.41, 5.74) is 3.04. The number of hydrogen-bond acceptors (Lipinski definition) is 4. The summed E-state index contributed by atoms with van der Waals surface area (Å²) in [6, 6.07) is 2.30. The Balaban J connectivity index is 1.62. The molecule has 1 saturated carbocycles. The van der Waals surface area contributed by atoms with Crippen LogP contribution in [0.5, 0.6) is 0 Å². The van der Waals surface area contributed by atoms with Crippen molar-refractivity contribution in [3.8, 4) is 0 Å². The first-order valence-corrected chi connectivity index (χ1v) is 9.39. The van der Waals surface area contributed by atoms with E-state index < -0.39 is 10.0 Å². The minimum absolute atomic E-state index is 0.294. The summed E-state index contributed by atoms with van der Waals surface area (Å²) < 4.78 is 27.2. The van der Waals surface area contributed by atoms with Crippen molar-refractivity contribution in [2.75, 3.05) is 0 Å². The Kier molecular flexibility index (Phi) is 4.17. The number of nitrogens with one attached hydrogen (secondary N) is 3. The van der Waals surface area contributed by atoms with Crippen molar-refractivity contribution in [1.29, 1.82) is 0 Å². The van der Waals surface area contributed by atoms with Crippen molar-refractivity contribution in [3.63, 3.8) is 0 Å². The lowest BCUT2D eigenvalue weighted by molar-refractivity contribution is 0.581. The topological polar surface area (TPSA) is 74.0 Å². The first-order valence-electron chi connectivity index (χ1n) is 6.96. The van der Waals surface area contributed by atoms with E-state index >= 15 is 0 Å². The molecule has 3 rings (SSSR count). The number of hydrogen-bond donors (Lipinski definition) is 3. The maximum absolute atomic E-state index is 12.3. The van der Waals surface area contributed by atoms with E-state index in [1.54, 1.807) is 23.6 Å². The van der Waals surface area contributed by atoms with E-state index in [9.17, 15) is 8.42 Å². The van der Waals surface area contributed by atoms with Gasteiger partial charge in [-0.2, -0.15) is 11.3 Å². The molecule has 0 saturated heterocycles. The van der Waals surface area contributed by atoms with Crippen molar-refractivity contribution in [3.05, 3.63) is 39.8 Å². The van der Waals surface area contributed by atoms with Crippen LogP contribution in [0.4, 0.5) is 0 Å². The van der Waals surface area contributed by atoms with Crippen molar-refractivity contribution < 1.29 is 8.42 Å². The predicted octanol–water partition coefficient (Wildman–Crippen LogP) is 2.12. The van der Waals surface area contributed by atoms with Crippen LogP contribution < -0.4 is 10.0 Å². The van der Waals surface area contributed by atoms with Gasteiger partial charge in [0.2, 0.25) is 10.0 Å². The van der Waals surface area contributed by atoms with Crippen LogP contribution >= 0.6 is 11.3 Å². The molecule has 5 nitrogen and oxygen atoms in total. The fourth-order valence-electron chi connectivity index (χ4n) is 2.04. The Labute approximate surface area is 128 Å². The summed E-state index contributed by atoms with van der Waals surface area (Å²) in [5.74, 6) is 0. The number of sulfonamides is 1. The molecule has 2 aromatic heterocycles.